The van der Waals surface area contributed by atoms with Gasteiger partial charge in [0.15, 0.2) is 0 Å². The van der Waals surface area contributed by atoms with Crippen LogP contribution in [0.5, 0.6) is 0 Å². The third kappa shape index (κ3) is 3.05. The molecule has 2 aliphatic rings. The molecule has 0 amide bonds. The maximum Gasteiger partial charge on any atom is 0.0973 e. The second kappa shape index (κ2) is 5.45. The van der Waals surface area contributed by atoms with Crippen LogP contribution in [0.1, 0.15) is 33.1 Å². The zero-order chi connectivity index (χ0) is 13.2. The van der Waals surface area contributed by atoms with Gasteiger partial charge in [0, 0.05) is 32.8 Å². The SMILES string of the molecule is COC(C)(C)CCC1NCCOC12CCN(C)C2. The number of hydrogen-bond donors (Lipinski definition) is 1. The fraction of sp³-hybridized carbons (Fsp3) is 1.00. The largest absolute Gasteiger partial charge is 0.379 e. The highest BCUT2D eigenvalue weighted by Crippen LogP contribution is 2.33. The Morgan fingerprint density at radius 3 is 2.89 bits per heavy atom. The highest BCUT2D eigenvalue weighted by molar-refractivity contribution is 5.02. The average molecular weight is 256 g/mol. The summed E-state index contributed by atoms with van der Waals surface area (Å²) in [5, 5.41) is 3.66. The van der Waals surface area contributed by atoms with E-state index in [0.29, 0.717) is 6.04 Å². The maximum atomic E-state index is 6.16. The fourth-order valence-electron chi connectivity index (χ4n) is 3.13. The van der Waals surface area contributed by atoms with Crippen LogP contribution in [-0.2, 0) is 9.47 Å². The molecule has 2 heterocycles. The van der Waals surface area contributed by atoms with Crippen molar-refractivity contribution < 1.29 is 9.47 Å². The molecular weight excluding hydrogens is 228 g/mol. The maximum absolute atomic E-state index is 6.16. The van der Waals surface area contributed by atoms with Crippen molar-refractivity contribution in [2.24, 2.45) is 0 Å². The molecule has 1 N–H and O–H groups in total. The van der Waals surface area contributed by atoms with E-state index in [9.17, 15) is 0 Å². The Labute approximate surface area is 111 Å². The Morgan fingerprint density at radius 2 is 2.28 bits per heavy atom. The van der Waals surface area contributed by atoms with Gasteiger partial charge in [0.25, 0.3) is 0 Å². The lowest BCUT2D eigenvalue weighted by molar-refractivity contribution is -0.0944. The van der Waals surface area contributed by atoms with E-state index in [4.69, 9.17) is 9.47 Å². The molecule has 2 rings (SSSR count). The van der Waals surface area contributed by atoms with Gasteiger partial charge in [-0.2, -0.15) is 0 Å². The summed E-state index contributed by atoms with van der Waals surface area (Å²) in [4.78, 5) is 2.38. The van der Waals surface area contributed by atoms with E-state index in [1.165, 1.54) is 0 Å². The van der Waals surface area contributed by atoms with Crippen molar-refractivity contribution in [2.75, 3.05) is 40.4 Å². The van der Waals surface area contributed by atoms with Gasteiger partial charge in [-0.05, 0) is 40.2 Å². The van der Waals surface area contributed by atoms with Crippen molar-refractivity contribution in [3.63, 3.8) is 0 Å². The monoisotopic (exact) mass is 256 g/mol. The van der Waals surface area contributed by atoms with Gasteiger partial charge in [0.2, 0.25) is 0 Å². The molecule has 2 saturated heterocycles. The Hall–Kier alpha value is -0.160. The molecule has 106 valence electrons. The number of rotatable bonds is 4. The predicted molar refractivity (Wildman–Crippen MR) is 72.9 cm³/mol. The normalized spacial score (nSPS) is 34.3. The summed E-state index contributed by atoms with van der Waals surface area (Å²) in [5.74, 6) is 0. The quantitative estimate of drug-likeness (QED) is 0.821. The van der Waals surface area contributed by atoms with Crippen LogP contribution in [0.2, 0.25) is 0 Å². The van der Waals surface area contributed by atoms with Gasteiger partial charge in [0.05, 0.1) is 17.8 Å². The van der Waals surface area contributed by atoms with Gasteiger partial charge < -0.3 is 19.7 Å². The van der Waals surface area contributed by atoms with E-state index in [-0.39, 0.29) is 11.2 Å². The van der Waals surface area contributed by atoms with Crippen LogP contribution in [0, 0.1) is 0 Å². The van der Waals surface area contributed by atoms with Crippen molar-refractivity contribution in [1.82, 2.24) is 10.2 Å². The zero-order valence-electron chi connectivity index (χ0n) is 12.3. The van der Waals surface area contributed by atoms with Gasteiger partial charge in [-0.1, -0.05) is 0 Å². The first-order valence-electron chi connectivity index (χ1n) is 7.08. The summed E-state index contributed by atoms with van der Waals surface area (Å²) in [6.07, 6.45) is 3.33. The number of ether oxygens (including phenoxy) is 2. The Morgan fingerprint density at radius 1 is 1.50 bits per heavy atom. The molecule has 2 atom stereocenters. The zero-order valence-corrected chi connectivity index (χ0v) is 12.3. The molecule has 4 nitrogen and oxygen atoms in total. The Kier molecular flexibility index (Phi) is 4.32. The first-order chi connectivity index (χ1) is 8.47. The molecule has 0 saturated carbocycles. The van der Waals surface area contributed by atoms with Gasteiger partial charge >= 0.3 is 0 Å². The molecule has 0 bridgehead atoms. The Bertz CT molecular complexity index is 279. The van der Waals surface area contributed by atoms with E-state index < -0.39 is 0 Å². The van der Waals surface area contributed by atoms with Crippen LogP contribution >= 0.6 is 0 Å². The standard InChI is InChI=1S/C14H28N2O2/c1-13(2,17-4)6-5-12-14(18-10-8-15-12)7-9-16(3)11-14/h12,15H,5-11H2,1-4H3. The van der Waals surface area contributed by atoms with Crippen molar-refractivity contribution in [1.29, 1.82) is 0 Å². The topological polar surface area (TPSA) is 33.7 Å². The molecule has 2 fully saturated rings. The second-order valence-electron chi connectivity index (χ2n) is 6.41. The molecule has 0 aromatic carbocycles. The first-order valence-corrected chi connectivity index (χ1v) is 7.08. The van der Waals surface area contributed by atoms with Gasteiger partial charge in [-0.25, -0.2) is 0 Å². The fourth-order valence-corrected chi connectivity index (χ4v) is 3.13. The third-order valence-electron chi connectivity index (χ3n) is 4.56. The molecule has 2 aliphatic heterocycles. The second-order valence-corrected chi connectivity index (χ2v) is 6.41. The minimum atomic E-state index is -0.0369. The van der Waals surface area contributed by atoms with Crippen molar-refractivity contribution in [3.8, 4) is 0 Å². The summed E-state index contributed by atoms with van der Waals surface area (Å²) in [7, 11) is 3.98. The molecule has 0 aromatic rings. The smallest absolute Gasteiger partial charge is 0.0973 e. The van der Waals surface area contributed by atoms with Crippen LogP contribution in [0.25, 0.3) is 0 Å². The van der Waals surface area contributed by atoms with Crippen molar-refractivity contribution in [2.45, 2.75) is 50.4 Å². The van der Waals surface area contributed by atoms with Gasteiger partial charge in [-0.3, -0.25) is 0 Å². The first kappa shape index (κ1) is 14.3. The molecule has 1 spiro atoms. The van der Waals surface area contributed by atoms with Gasteiger partial charge in [0.1, 0.15) is 0 Å². The summed E-state index contributed by atoms with van der Waals surface area (Å²) in [6.45, 7) is 8.33. The van der Waals surface area contributed by atoms with Crippen molar-refractivity contribution >= 4 is 0 Å². The van der Waals surface area contributed by atoms with Crippen LogP contribution in [0.4, 0.5) is 0 Å². The summed E-state index contributed by atoms with van der Waals surface area (Å²) in [5.41, 5.74) is 0.00163. The summed E-state index contributed by atoms with van der Waals surface area (Å²) < 4.78 is 11.7. The van der Waals surface area contributed by atoms with E-state index in [1.807, 2.05) is 0 Å². The van der Waals surface area contributed by atoms with Crippen LogP contribution < -0.4 is 5.32 Å². The van der Waals surface area contributed by atoms with E-state index >= 15 is 0 Å². The third-order valence-corrected chi connectivity index (χ3v) is 4.56. The van der Waals surface area contributed by atoms with Gasteiger partial charge in [-0.15, -0.1) is 0 Å². The van der Waals surface area contributed by atoms with E-state index in [2.05, 4.69) is 31.1 Å². The predicted octanol–water partition coefficient (Wildman–Crippen LogP) is 1.25. The molecule has 0 aromatic heterocycles. The number of likely N-dealkylation sites (N-methyl/N-ethyl adjacent to an activating group) is 1. The molecule has 2 unspecified atom stereocenters. The minimum absolute atomic E-state index is 0.0369. The summed E-state index contributed by atoms with van der Waals surface area (Å²) in [6, 6.07) is 0.464. The number of likely N-dealkylation sites (tertiary alicyclic amines) is 1. The molecule has 4 heteroatoms. The highest BCUT2D eigenvalue weighted by atomic mass is 16.5. The van der Waals surface area contributed by atoms with Crippen molar-refractivity contribution in [3.05, 3.63) is 0 Å². The summed E-state index contributed by atoms with van der Waals surface area (Å²) >= 11 is 0. The lowest BCUT2D eigenvalue weighted by atomic mass is 9.85. The highest BCUT2D eigenvalue weighted by Gasteiger charge is 2.46. The van der Waals surface area contributed by atoms with Crippen LogP contribution in [-0.4, -0.2) is 62.5 Å². The average Bonchev–Trinajstić information content (AvgIpc) is 2.70. The molecule has 18 heavy (non-hydrogen) atoms. The minimum Gasteiger partial charge on any atom is -0.379 e. The van der Waals surface area contributed by atoms with E-state index in [1.54, 1.807) is 7.11 Å². The molecule has 0 aliphatic carbocycles. The van der Waals surface area contributed by atoms with Crippen LogP contribution in [0.15, 0.2) is 0 Å². The lowest BCUT2D eigenvalue weighted by Gasteiger charge is -2.43. The molecule has 0 radical (unpaired) electrons. The van der Waals surface area contributed by atoms with E-state index in [0.717, 1.165) is 45.5 Å². The molecular formula is C14H28N2O2. The number of nitrogens with zero attached hydrogens (tertiary/aromatic N) is 1. The van der Waals surface area contributed by atoms with Crippen LogP contribution in [0.3, 0.4) is 0 Å². The lowest BCUT2D eigenvalue weighted by Crippen LogP contribution is -2.59. The number of nitrogens with one attached hydrogen (secondary N) is 1. The number of hydrogen-bond acceptors (Lipinski definition) is 4. The Balaban J connectivity index is 1.96. The number of morpholine rings is 1. The number of methoxy groups -OCH3 is 1.